The second-order valence-corrected chi connectivity index (χ2v) is 3.52. The van der Waals surface area contributed by atoms with Gasteiger partial charge in [0.1, 0.15) is 0 Å². The Morgan fingerprint density at radius 2 is 1.78 bits per heavy atom. The summed E-state index contributed by atoms with van der Waals surface area (Å²) in [5.41, 5.74) is 1.26. The number of hydrogen-bond donors (Lipinski definition) is 3. The zero-order valence-electron chi connectivity index (χ0n) is 10.4. The molecule has 2 amide bonds. The molecule has 0 spiro atoms. The van der Waals surface area contributed by atoms with E-state index in [1.807, 2.05) is 6.92 Å². The van der Waals surface area contributed by atoms with Gasteiger partial charge in [0, 0.05) is 17.8 Å². The third-order valence-electron chi connectivity index (χ3n) is 2.11. The molecule has 0 saturated heterocycles. The molecule has 18 heavy (non-hydrogen) atoms. The SMILES string of the molecule is CCNC(=O)c1ccc(NC(=O)CNC)cc1.Cl. The minimum absolute atomic E-state index is 0. The predicted molar refractivity (Wildman–Crippen MR) is 74.3 cm³/mol. The Balaban J connectivity index is 0.00000289. The lowest BCUT2D eigenvalue weighted by Crippen LogP contribution is -2.25. The zero-order chi connectivity index (χ0) is 12.7. The van der Waals surface area contributed by atoms with Gasteiger partial charge in [-0.15, -0.1) is 12.4 Å². The van der Waals surface area contributed by atoms with Crippen molar-refractivity contribution in [2.45, 2.75) is 6.92 Å². The molecule has 1 aromatic rings. The van der Waals surface area contributed by atoms with Gasteiger partial charge in [0.2, 0.25) is 5.91 Å². The van der Waals surface area contributed by atoms with Crippen LogP contribution in [0.3, 0.4) is 0 Å². The zero-order valence-corrected chi connectivity index (χ0v) is 11.3. The second kappa shape index (κ2) is 8.49. The number of anilines is 1. The van der Waals surface area contributed by atoms with Crippen LogP contribution in [0.25, 0.3) is 0 Å². The van der Waals surface area contributed by atoms with Crippen molar-refractivity contribution in [3.8, 4) is 0 Å². The van der Waals surface area contributed by atoms with Gasteiger partial charge >= 0.3 is 0 Å². The van der Waals surface area contributed by atoms with E-state index in [1.165, 1.54) is 0 Å². The van der Waals surface area contributed by atoms with Crippen molar-refractivity contribution < 1.29 is 9.59 Å². The monoisotopic (exact) mass is 271 g/mol. The van der Waals surface area contributed by atoms with E-state index in [9.17, 15) is 9.59 Å². The first-order valence-electron chi connectivity index (χ1n) is 5.50. The number of nitrogens with one attached hydrogen (secondary N) is 3. The Labute approximate surface area is 113 Å². The Hall–Kier alpha value is -1.59. The van der Waals surface area contributed by atoms with Crippen LogP contribution in [0, 0.1) is 0 Å². The summed E-state index contributed by atoms with van der Waals surface area (Å²) < 4.78 is 0. The fourth-order valence-electron chi connectivity index (χ4n) is 1.33. The van der Waals surface area contributed by atoms with Gasteiger partial charge in [-0.25, -0.2) is 0 Å². The number of carbonyl (C=O) groups excluding carboxylic acids is 2. The van der Waals surface area contributed by atoms with Gasteiger partial charge in [-0.3, -0.25) is 9.59 Å². The molecule has 0 fully saturated rings. The molecule has 0 saturated carbocycles. The van der Waals surface area contributed by atoms with Crippen molar-refractivity contribution in [2.75, 3.05) is 25.5 Å². The lowest BCUT2D eigenvalue weighted by molar-refractivity contribution is -0.115. The molecule has 0 heterocycles. The van der Waals surface area contributed by atoms with Gasteiger partial charge in [0.25, 0.3) is 5.91 Å². The van der Waals surface area contributed by atoms with E-state index in [0.717, 1.165) is 0 Å². The van der Waals surface area contributed by atoms with E-state index in [-0.39, 0.29) is 30.8 Å². The molecule has 0 aliphatic heterocycles. The molecule has 100 valence electrons. The number of amides is 2. The number of carbonyl (C=O) groups is 2. The summed E-state index contributed by atoms with van der Waals surface area (Å²) in [6.07, 6.45) is 0. The van der Waals surface area contributed by atoms with Gasteiger partial charge in [0.05, 0.1) is 6.54 Å². The van der Waals surface area contributed by atoms with Crippen LogP contribution in [0.4, 0.5) is 5.69 Å². The maximum atomic E-state index is 11.5. The third kappa shape index (κ3) is 5.16. The number of hydrogen-bond acceptors (Lipinski definition) is 3. The maximum Gasteiger partial charge on any atom is 0.251 e. The fraction of sp³-hybridized carbons (Fsp3) is 0.333. The van der Waals surface area contributed by atoms with Crippen LogP contribution in [0.2, 0.25) is 0 Å². The Morgan fingerprint density at radius 3 is 2.28 bits per heavy atom. The van der Waals surface area contributed by atoms with Gasteiger partial charge < -0.3 is 16.0 Å². The lowest BCUT2D eigenvalue weighted by atomic mass is 10.2. The minimum Gasteiger partial charge on any atom is -0.352 e. The van der Waals surface area contributed by atoms with E-state index in [2.05, 4.69) is 16.0 Å². The molecule has 0 radical (unpaired) electrons. The highest BCUT2D eigenvalue weighted by Gasteiger charge is 2.04. The number of likely N-dealkylation sites (N-methyl/N-ethyl adjacent to an activating group) is 1. The molecular formula is C12H18ClN3O2. The molecule has 1 aromatic carbocycles. The van der Waals surface area contributed by atoms with Crippen molar-refractivity contribution >= 4 is 29.9 Å². The molecule has 1 rings (SSSR count). The average molecular weight is 272 g/mol. The molecule has 0 aliphatic carbocycles. The molecule has 0 bridgehead atoms. The smallest absolute Gasteiger partial charge is 0.251 e. The first-order valence-corrected chi connectivity index (χ1v) is 5.50. The summed E-state index contributed by atoms with van der Waals surface area (Å²) >= 11 is 0. The van der Waals surface area contributed by atoms with Crippen LogP contribution in [0.1, 0.15) is 17.3 Å². The summed E-state index contributed by atoms with van der Waals surface area (Å²) in [6, 6.07) is 6.77. The standard InChI is InChI=1S/C12H17N3O2.ClH/c1-3-14-12(17)9-4-6-10(7-5-9)15-11(16)8-13-2;/h4-7,13H,3,8H2,1-2H3,(H,14,17)(H,15,16);1H. The van der Waals surface area contributed by atoms with Gasteiger partial charge in [-0.1, -0.05) is 0 Å². The largest absolute Gasteiger partial charge is 0.352 e. The van der Waals surface area contributed by atoms with Crippen LogP contribution in [0.15, 0.2) is 24.3 Å². The Kier molecular flexibility index (Phi) is 7.74. The highest BCUT2D eigenvalue weighted by Crippen LogP contribution is 2.09. The van der Waals surface area contributed by atoms with E-state index in [0.29, 0.717) is 17.8 Å². The third-order valence-corrected chi connectivity index (χ3v) is 2.11. The molecule has 0 aliphatic rings. The number of halogens is 1. The predicted octanol–water partition coefficient (Wildman–Crippen LogP) is 1.02. The fourth-order valence-corrected chi connectivity index (χ4v) is 1.33. The first kappa shape index (κ1) is 16.4. The molecular weight excluding hydrogens is 254 g/mol. The normalized spacial score (nSPS) is 9.22. The van der Waals surface area contributed by atoms with Crippen LogP contribution < -0.4 is 16.0 Å². The summed E-state index contributed by atoms with van der Waals surface area (Å²) in [5.74, 6) is -0.223. The van der Waals surface area contributed by atoms with Crippen molar-refractivity contribution in [3.63, 3.8) is 0 Å². The molecule has 0 aromatic heterocycles. The maximum absolute atomic E-state index is 11.5. The van der Waals surface area contributed by atoms with Crippen molar-refractivity contribution in [3.05, 3.63) is 29.8 Å². The van der Waals surface area contributed by atoms with E-state index in [1.54, 1.807) is 31.3 Å². The number of rotatable bonds is 5. The molecule has 6 heteroatoms. The van der Waals surface area contributed by atoms with Crippen LogP contribution in [-0.2, 0) is 4.79 Å². The molecule has 0 atom stereocenters. The highest BCUT2D eigenvalue weighted by molar-refractivity contribution is 5.96. The average Bonchev–Trinajstić information content (AvgIpc) is 2.30. The summed E-state index contributed by atoms with van der Waals surface area (Å²) in [6.45, 7) is 2.72. The number of benzene rings is 1. The van der Waals surface area contributed by atoms with Gasteiger partial charge in [0.15, 0.2) is 0 Å². The van der Waals surface area contributed by atoms with E-state index < -0.39 is 0 Å². The molecule has 5 nitrogen and oxygen atoms in total. The van der Waals surface area contributed by atoms with Gasteiger partial charge in [-0.05, 0) is 38.2 Å². The van der Waals surface area contributed by atoms with Crippen LogP contribution in [-0.4, -0.2) is 32.0 Å². The molecule has 0 unspecified atom stereocenters. The highest BCUT2D eigenvalue weighted by atomic mass is 35.5. The van der Waals surface area contributed by atoms with Crippen LogP contribution in [0.5, 0.6) is 0 Å². The van der Waals surface area contributed by atoms with Gasteiger partial charge in [-0.2, -0.15) is 0 Å². The van der Waals surface area contributed by atoms with E-state index >= 15 is 0 Å². The quantitative estimate of drug-likeness (QED) is 0.749. The Bertz CT molecular complexity index is 393. The summed E-state index contributed by atoms with van der Waals surface area (Å²) in [5, 5.41) is 8.17. The minimum atomic E-state index is -0.113. The second-order valence-electron chi connectivity index (χ2n) is 3.52. The van der Waals surface area contributed by atoms with Crippen molar-refractivity contribution in [1.82, 2.24) is 10.6 Å². The Morgan fingerprint density at radius 1 is 1.17 bits per heavy atom. The summed E-state index contributed by atoms with van der Waals surface area (Å²) in [4.78, 5) is 22.8. The van der Waals surface area contributed by atoms with Crippen molar-refractivity contribution in [2.24, 2.45) is 0 Å². The van der Waals surface area contributed by atoms with Crippen molar-refractivity contribution in [1.29, 1.82) is 0 Å². The van der Waals surface area contributed by atoms with E-state index in [4.69, 9.17) is 0 Å². The topological polar surface area (TPSA) is 70.2 Å². The van der Waals surface area contributed by atoms with Crippen LogP contribution >= 0.6 is 12.4 Å². The first-order chi connectivity index (χ1) is 8.17. The summed E-state index contributed by atoms with van der Waals surface area (Å²) in [7, 11) is 1.71. The molecule has 3 N–H and O–H groups in total. The lowest BCUT2D eigenvalue weighted by Gasteiger charge is -2.06.